The lowest BCUT2D eigenvalue weighted by molar-refractivity contribution is 0.0690. The summed E-state index contributed by atoms with van der Waals surface area (Å²) in [7, 11) is 0. The minimum atomic E-state index is -1.05. The minimum Gasteiger partial charge on any atom is -0.476 e. The van der Waals surface area contributed by atoms with Crippen LogP contribution in [-0.4, -0.2) is 21.3 Å². The molecular formula is C8H11NO3S. The molecule has 1 aromatic heterocycles. The van der Waals surface area contributed by atoms with Gasteiger partial charge in [-0.3, -0.25) is 0 Å². The molecule has 5 heteroatoms. The van der Waals surface area contributed by atoms with Gasteiger partial charge in [0.1, 0.15) is 6.26 Å². The lowest BCUT2D eigenvalue weighted by Crippen LogP contribution is -1.96. The summed E-state index contributed by atoms with van der Waals surface area (Å²) in [5, 5.41) is 9.03. The van der Waals surface area contributed by atoms with Crippen LogP contribution in [0.3, 0.4) is 0 Å². The highest BCUT2D eigenvalue weighted by atomic mass is 32.2. The highest BCUT2D eigenvalue weighted by molar-refractivity contribution is 7.99. The van der Waals surface area contributed by atoms with Gasteiger partial charge in [-0.1, -0.05) is 13.8 Å². The summed E-state index contributed by atoms with van der Waals surface area (Å²) < 4.78 is 4.96. The summed E-state index contributed by atoms with van der Waals surface area (Å²) in [6.07, 6.45) is 1.17. The Bertz CT molecular complexity index is 295. The summed E-state index contributed by atoms with van der Waals surface area (Å²) in [5.41, 5.74) is -0.0284. The van der Waals surface area contributed by atoms with Crippen molar-refractivity contribution < 1.29 is 14.3 Å². The lowest BCUT2D eigenvalue weighted by Gasteiger charge is -1.99. The van der Waals surface area contributed by atoms with Gasteiger partial charge in [-0.15, -0.1) is 11.8 Å². The molecule has 0 bridgehead atoms. The summed E-state index contributed by atoms with van der Waals surface area (Å²) in [6.45, 7) is 4.12. The number of carboxylic acid groups (broad SMARTS) is 1. The molecule has 0 aromatic carbocycles. The Kier molecular flexibility index (Phi) is 3.36. The third-order valence-corrected chi connectivity index (χ3v) is 2.39. The molecule has 0 radical (unpaired) electrons. The van der Waals surface area contributed by atoms with Crippen LogP contribution in [0, 0.1) is 0 Å². The highest BCUT2D eigenvalue weighted by Crippen LogP contribution is 2.16. The molecule has 0 fully saturated rings. The van der Waals surface area contributed by atoms with E-state index in [0.29, 0.717) is 16.9 Å². The zero-order valence-electron chi connectivity index (χ0n) is 7.48. The van der Waals surface area contributed by atoms with E-state index in [1.807, 2.05) is 0 Å². The molecule has 4 nitrogen and oxygen atoms in total. The number of nitrogens with zero attached hydrogens (tertiary/aromatic N) is 1. The normalized spacial score (nSPS) is 10.7. The fourth-order valence-electron chi connectivity index (χ4n) is 0.713. The summed E-state index contributed by atoms with van der Waals surface area (Å²) in [4.78, 5) is 14.2. The molecule has 72 valence electrons. The van der Waals surface area contributed by atoms with Crippen LogP contribution in [-0.2, 0) is 5.75 Å². The molecule has 0 aliphatic carbocycles. The topological polar surface area (TPSA) is 63.3 Å². The van der Waals surface area contributed by atoms with E-state index >= 15 is 0 Å². The van der Waals surface area contributed by atoms with E-state index in [1.165, 1.54) is 6.26 Å². The molecule has 0 unspecified atom stereocenters. The number of aromatic nitrogens is 1. The first kappa shape index (κ1) is 10.1. The van der Waals surface area contributed by atoms with Gasteiger partial charge in [0.25, 0.3) is 0 Å². The average molecular weight is 201 g/mol. The fraction of sp³-hybridized carbons (Fsp3) is 0.500. The maximum absolute atomic E-state index is 10.4. The molecule has 0 spiro atoms. The number of hydrogen-bond donors (Lipinski definition) is 1. The first-order valence-corrected chi connectivity index (χ1v) is 4.93. The largest absolute Gasteiger partial charge is 0.476 e. The second-order valence-corrected chi connectivity index (χ2v) is 4.36. The Labute approximate surface area is 80.3 Å². The Morgan fingerprint density at radius 2 is 2.46 bits per heavy atom. The Morgan fingerprint density at radius 3 is 2.92 bits per heavy atom. The van der Waals surface area contributed by atoms with Crippen molar-refractivity contribution in [1.82, 2.24) is 4.98 Å². The number of aromatic carboxylic acids is 1. The lowest BCUT2D eigenvalue weighted by atomic mass is 10.5. The molecule has 0 atom stereocenters. The predicted molar refractivity (Wildman–Crippen MR) is 49.9 cm³/mol. The van der Waals surface area contributed by atoms with Crippen molar-refractivity contribution in [2.45, 2.75) is 24.9 Å². The van der Waals surface area contributed by atoms with E-state index in [1.54, 1.807) is 11.8 Å². The number of oxazole rings is 1. The van der Waals surface area contributed by atoms with E-state index in [9.17, 15) is 4.79 Å². The van der Waals surface area contributed by atoms with Gasteiger partial charge in [-0.2, -0.15) is 0 Å². The molecule has 0 aliphatic rings. The number of hydrogen-bond acceptors (Lipinski definition) is 4. The van der Waals surface area contributed by atoms with E-state index in [-0.39, 0.29) is 5.69 Å². The second-order valence-electron chi connectivity index (χ2n) is 2.79. The fourth-order valence-corrected chi connectivity index (χ4v) is 1.32. The van der Waals surface area contributed by atoms with Crippen molar-refractivity contribution in [3.05, 3.63) is 17.8 Å². The number of carbonyl (C=O) groups is 1. The van der Waals surface area contributed by atoms with Gasteiger partial charge >= 0.3 is 5.97 Å². The monoisotopic (exact) mass is 201 g/mol. The Hall–Kier alpha value is -0.970. The summed E-state index contributed by atoms with van der Waals surface area (Å²) in [6, 6.07) is 0. The molecule has 1 rings (SSSR count). The van der Waals surface area contributed by atoms with Crippen LogP contribution < -0.4 is 0 Å². The Morgan fingerprint density at radius 1 is 1.77 bits per heavy atom. The number of carboxylic acids is 1. The second kappa shape index (κ2) is 4.32. The van der Waals surface area contributed by atoms with Gasteiger partial charge in [-0.25, -0.2) is 9.78 Å². The van der Waals surface area contributed by atoms with E-state index in [2.05, 4.69) is 18.8 Å². The van der Waals surface area contributed by atoms with Crippen molar-refractivity contribution >= 4 is 17.7 Å². The molecule has 1 aromatic rings. The first-order chi connectivity index (χ1) is 6.09. The van der Waals surface area contributed by atoms with Crippen LogP contribution in [0.2, 0.25) is 0 Å². The van der Waals surface area contributed by atoms with Crippen LogP contribution >= 0.6 is 11.8 Å². The van der Waals surface area contributed by atoms with Crippen molar-refractivity contribution in [2.75, 3.05) is 0 Å². The van der Waals surface area contributed by atoms with Crippen LogP contribution in [0.5, 0.6) is 0 Å². The SMILES string of the molecule is CC(C)SCc1nc(C(=O)O)co1. The molecule has 1 heterocycles. The van der Waals surface area contributed by atoms with Gasteiger partial charge in [0.05, 0.1) is 5.75 Å². The zero-order chi connectivity index (χ0) is 9.84. The number of rotatable bonds is 4. The molecule has 0 aliphatic heterocycles. The van der Waals surface area contributed by atoms with Crippen LogP contribution in [0.1, 0.15) is 30.2 Å². The van der Waals surface area contributed by atoms with E-state index < -0.39 is 5.97 Å². The quantitative estimate of drug-likeness (QED) is 0.807. The maximum atomic E-state index is 10.4. The predicted octanol–water partition coefficient (Wildman–Crippen LogP) is 2.01. The van der Waals surface area contributed by atoms with Gasteiger partial charge < -0.3 is 9.52 Å². The van der Waals surface area contributed by atoms with E-state index in [0.717, 1.165) is 0 Å². The Balaban J connectivity index is 2.54. The standard InChI is InChI=1S/C8H11NO3S/c1-5(2)13-4-7-9-6(3-12-7)8(10)11/h3,5H,4H2,1-2H3,(H,10,11). The molecule has 0 saturated heterocycles. The van der Waals surface area contributed by atoms with Gasteiger partial charge in [0, 0.05) is 0 Å². The van der Waals surface area contributed by atoms with Gasteiger partial charge in [0.2, 0.25) is 5.89 Å². The highest BCUT2D eigenvalue weighted by Gasteiger charge is 2.10. The average Bonchev–Trinajstić information content (AvgIpc) is 2.48. The van der Waals surface area contributed by atoms with Crippen LogP contribution in [0.4, 0.5) is 0 Å². The third kappa shape index (κ3) is 3.10. The molecule has 0 amide bonds. The molecular weight excluding hydrogens is 190 g/mol. The molecule has 13 heavy (non-hydrogen) atoms. The molecule has 1 N–H and O–H groups in total. The third-order valence-electron chi connectivity index (χ3n) is 1.31. The first-order valence-electron chi connectivity index (χ1n) is 3.89. The van der Waals surface area contributed by atoms with Crippen LogP contribution in [0.15, 0.2) is 10.7 Å². The van der Waals surface area contributed by atoms with Crippen molar-refractivity contribution in [3.63, 3.8) is 0 Å². The van der Waals surface area contributed by atoms with Crippen molar-refractivity contribution in [1.29, 1.82) is 0 Å². The zero-order valence-corrected chi connectivity index (χ0v) is 8.30. The number of thioether (sulfide) groups is 1. The maximum Gasteiger partial charge on any atom is 0.357 e. The van der Waals surface area contributed by atoms with Gasteiger partial charge in [0.15, 0.2) is 5.69 Å². The van der Waals surface area contributed by atoms with Crippen molar-refractivity contribution in [3.8, 4) is 0 Å². The molecule has 0 saturated carbocycles. The summed E-state index contributed by atoms with van der Waals surface area (Å²) >= 11 is 1.66. The van der Waals surface area contributed by atoms with Crippen molar-refractivity contribution in [2.24, 2.45) is 0 Å². The minimum absolute atomic E-state index is 0.0284. The summed E-state index contributed by atoms with van der Waals surface area (Å²) in [5.74, 6) is 0.0333. The van der Waals surface area contributed by atoms with Crippen LogP contribution in [0.25, 0.3) is 0 Å². The van der Waals surface area contributed by atoms with Gasteiger partial charge in [-0.05, 0) is 5.25 Å². The smallest absolute Gasteiger partial charge is 0.357 e. The van der Waals surface area contributed by atoms with E-state index in [4.69, 9.17) is 9.52 Å².